The molecule has 0 spiro atoms. The van der Waals surface area contributed by atoms with Crippen LogP contribution in [0.4, 0.5) is 5.69 Å². The molecule has 0 aliphatic rings. The number of aryl methyl sites for hydroxylation is 2. The second kappa shape index (κ2) is 8.03. The van der Waals surface area contributed by atoms with E-state index >= 15 is 0 Å². The van der Waals surface area contributed by atoms with E-state index in [0.717, 1.165) is 25.2 Å². The Hall–Kier alpha value is -1.55. The summed E-state index contributed by atoms with van der Waals surface area (Å²) < 4.78 is 0. The highest BCUT2D eigenvalue weighted by atomic mass is 16.4. The summed E-state index contributed by atoms with van der Waals surface area (Å²) in [6.07, 6.45) is 1.02. The standard InChI is InChI=1S/C17H28N2O2/c1-13-9-14(2)11-16(10-13)19(8-6-7-18(4)5)12-15(3)17(20)21/h9-11,15H,6-8,12H2,1-5H3,(H,20,21). The van der Waals surface area contributed by atoms with Gasteiger partial charge in [-0.1, -0.05) is 13.0 Å². The molecule has 0 aliphatic carbocycles. The van der Waals surface area contributed by atoms with E-state index in [1.165, 1.54) is 11.1 Å². The van der Waals surface area contributed by atoms with Gasteiger partial charge in [-0.3, -0.25) is 4.79 Å². The smallest absolute Gasteiger partial charge is 0.308 e. The van der Waals surface area contributed by atoms with Crippen LogP contribution in [0.3, 0.4) is 0 Å². The van der Waals surface area contributed by atoms with Crippen LogP contribution in [0.15, 0.2) is 18.2 Å². The first-order chi connectivity index (χ1) is 9.79. The fourth-order valence-electron chi connectivity index (χ4n) is 2.45. The van der Waals surface area contributed by atoms with Crippen LogP contribution in [0.2, 0.25) is 0 Å². The number of hydrogen-bond acceptors (Lipinski definition) is 3. The van der Waals surface area contributed by atoms with Gasteiger partial charge < -0.3 is 14.9 Å². The van der Waals surface area contributed by atoms with Crippen LogP contribution in [0.1, 0.15) is 24.5 Å². The second-order valence-electron chi connectivity index (χ2n) is 6.19. The molecular weight excluding hydrogens is 264 g/mol. The van der Waals surface area contributed by atoms with Crippen LogP contribution in [0.25, 0.3) is 0 Å². The summed E-state index contributed by atoms with van der Waals surface area (Å²) >= 11 is 0. The summed E-state index contributed by atoms with van der Waals surface area (Å²) in [6.45, 7) is 8.35. The molecule has 0 aromatic heterocycles. The molecule has 0 radical (unpaired) electrons. The normalized spacial score (nSPS) is 12.5. The highest BCUT2D eigenvalue weighted by Gasteiger charge is 2.17. The minimum absolute atomic E-state index is 0.370. The maximum Gasteiger partial charge on any atom is 0.308 e. The number of carboxylic acid groups (broad SMARTS) is 1. The number of hydrogen-bond donors (Lipinski definition) is 1. The third-order valence-electron chi connectivity index (χ3n) is 3.52. The molecule has 0 saturated carbocycles. The third-order valence-corrected chi connectivity index (χ3v) is 3.52. The maximum absolute atomic E-state index is 11.1. The topological polar surface area (TPSA) is 43.8 Å². The molecule has 0 aliphatic heterocycles. The zero-order valence-corrected chi connectivity index (χ0v) is 13.9. The first kappa shape index (κ1) is 17.5. The fraction of sp³-hybridized carbons (Fsp3) is 0.588. The summed E-state index contributed by atoms with van der Waals surface area (Å²) in [4.78, 5) is 15.5. The highest BCUT2D eigenvalue weighted by molar-refractivity contribution is 5.70. The van der Waals surface area contributed by atoms with Gasteiger partial charge in [-0.2, -0.15) is 0 Å². The molecule has 1 rings (SSSR count). The molecule has 0 fully saturated rings. The minimum atomic E-state index is -0.739. The quantitative estimate of drug-likeness (QED) is 0.800. The van der Waals surface area contributed by atoms with Crippen molar-refractivity contribution in [2.75, 3.05) is 38.6 Å². The van der Waals surface area contributed by atoms with E-state index in [-0.39, 0.29) is 5.92 Å². The number of carbonyl (C=O) groups is 1. The van der Waals surface area contributed by atoms with Crippen molar-refractivity contribution in [3.8, 4) is 0 Å². The molecule has 1 unspecified atom stereocenters. The van der Waals surface area contributed by atoms with Crippen LogP contribution in [0.5, 0.6) is 0 Å². The molecule has 1 N–H and O–H groups in total. The van der Waals surface area contributed by atoms with Gasteiger partial charge in [0.05, 0.1) is 5.92 Å². The third kappa shape index (κ3) is 6.17. The Morgan fingerprint density at radius 1 is 1.14 bits per heavy atom. The number of aliphatic carboxylic acids is 1. The lowest BCUT2D eigenvalue weighted by molar-refractivity contribution is -0.140. The van der Waals surface area contributed by atoms with Crippen molar-refractivity contribution in [2.45, 2.75) is 27.2 Å². The first-order valence-electron chi connectivity index (χ1n) is 7.50. The lowest BCUT2D eigenvalue weighted by atomic mass is 10.1. The van der Waals surface area contributed by atoms with Crippen LogP contribution in [-0.2, 0) is 4.79 Å². The predicted octanol–water partition coefficient (Wildman–Crippen LogP) is 2.78. The van der Waals surface area contributed by atoms with Crippen LogP contribution in [-0.4, -0.2) is 49.7 Å². The Labute approximate surface area is 128 Å². The molecule has 118 valence electrons. The minimum Gasteiger partial charge on any atom is -0.481 e. The molecule has 0 heterocycles. The Balaban J connectivity index is 2.86. The van der Waals surface area contributed by atoms with Gasteiger partial charge in [0.1, 0.15) is 0 Å². The lowest BCUT2D eigenvalue weighted by Crippen LogP contribution is -2.34. The zero-order valence-electron chi connectivity index (χ0n) is 13.9. The van der Waals surface area contributed by atoms with Gasteiger partial charge in [0.15, 0.2) is 0 Å². The van der Waals surface area contributed by atoms with Crippen LogP contribution in [0, 0.1) is 19.8 Å². The van der Waals surface area contributed by atoms with Gasteiger partial charge in [0.2, 0.25) is 0 Å². The summed E-state index contributed by atoms with van der Waals surface area (Å²) in [5.41, 5.74) is 3.55. The second-order valence-corrected chi connectivity index (χ2v) is 6.19. The average Bonchev–Trinajstić information content (AvgIpc) is 2.35. The van der Waals surface area contributed by atoms with Crippen LogP contribution >= 0.6 is 0 Å². The first-order valence-corrected chi connectivity index (χ1v) is 7.50. The number of nitrogens with zero attached hydrogens (tertiary/aromatic N) is 2. The molecule has 1 atom stereocenters. The van der Waals surface area contributed by atoms with Gasteiger partial charge in [0.25, 0.3) is 0 Å². The van der Waals surface area contributed by atoms with Crippen molar-refractivity contribution in [1.29, 1.82) is 0 Å². The Morgan fingerprint density at radius 3 is 2.19 bits per heavy atom. The number of benzene rings is 1. The van der Waals surface area contributed by atoms with E-state index < -0.39 is 5.97 Å². The predicted molar refractivity (Wildman–Crippen MR) is 88.1 cm³/mol. The monoisotopic (exact) mass is 292 g/mol. The van der Waals surface area contributed by atoms with Crippen LogP contribution < -0.4 is 4.90 Å². The van der Waals surface area contributed by atoms with Crippen molar-refractivity contribution in [2.24, 2.45) is 5.92 Å². The molecule has 0 saturated heterocycles. The summed E-state index contributed by atoms with van der Waals surface area (Å²) in [7, 11) is 4.11. The number of rotatable bonds is 8. The van der Waals surface area contributed by atoms with Gasteiger partial charge in [-0.05, 0) is 64.2 Å². The molecule has 0 bridgehead atoms. The maximum atomic E-state index is 11.1. The Morgan fingerprint density at radius 2 is 1.71 bits per heavy atom. The van der Waals surface area contributed by atoms with Gasteiger partial charge in [-0.25, -0.2) is 0 Å². The van der Waals surface area contributed by atoms with E-state index in [0.29, 0.717) is 6.54 Å². The molecule has 4 heteroatoms. The van der Waals surface area contributed by atoms with Gasteiger partial charge >= 0.3 is 5.97 Å². The molecule has 21 heavy (non-hydrogen) atoms. The van der Waals surface area contributed by atoms with E-state index in [2.05, 4.69) is 55.9 Å². The SMILES string of the molecule is Cc1cc(C)cc(N(CCCN(C)C)CC(C)C(=O)O)c1. The summed E-state index contributed by atoms with van der Waals surface area (Å²) in [5.74, 6) is -1.11. The van der Waals surface area contributed by atoms with Crippen molar-refractivity contribution < 1.29 is 9.90 Å². The van der Waals surface area contributed by atoms with Gasteiger partial charge in [0, 0.05) is 18.8 Å². The average molecular weight is 292 g/mol. The van der Waals surface area contributed by atoms with Gasteiger partial charge in [-0.15, -0.1) is 0 Å². The zero-order chi connectivity index (χ0) is 16.0. The molecule has 1 aromatic rings. The van der Waals surface area contributed by atoms with Crippen molar-refractivity contribution in [3.05, 3.63) is 29.3 Å². The summed E-state index contributed by atoms with van der Waals surface area (Å²) in [6, 6.07) is 6.41. The van der Waals surface area contributed by atoms with E-state index in [9.17, 15) is 4.79 Å². The Kier molecular flexibility index (Phi) is 6.69. The highest BCUT2D eigenvalue weighted by Crippen LogP contribution is 2.20. The molecule has 1 aromatic carbocycles. The fourth-order valence-corrected chi connectivity index (χ4v) is 2.45. The Bertz CT molecular complexity index is 452. The van der Waals surface area contributed by atoms with Crippen molar-refractivity contribution >= 4 is 11.7 Å². The largest absolute Gasteiger partial charge is 0.481 e. The number of carboxylic acids is 1. The molecule has 4 nitrogen and oxygen atoms in total. The molecular formula is C17H28N2O2. The molecule has 0 amide bonds. The van der Waals surface area contributed by atoms with E-state index in [1.807, 2.05) is 0 Å². The van der Waals surface area contributed by atoms with Crippen molar-refractivity contribution in [1.82, 2.24) is 4.90 Å². The van der Waals surface area contributed by atoms with E-state index in [1.54, 1.807) is 6.92 Å². The summed E-state index contributed by atoms with van der Waals surface area (Å²) in [5, 5.41) is 9.17. The number of anilines is 1. The van der Waals surface area contributed by atoms with Crippen molar-refractivity contribution in [3.63, 3.8) is 0 Å². The lowest BCUT2D eigenvalue weighted by Gasteiger charge is -2.28. The van der Waals surface area contributed by atoms with E-state index in [4.69, 9.17) is 5.11 Å².